The first kappa shape index (κ1) is 15.9. The smallest absolute Gasteiger partial charge is 0.139 e. The van der Waals surface area contributed by atoms with Gasteiger partial charge in [-0.2, -0.15) is 5.26 Å². The Morgan fingerprint density at radius 2 is 2.11 bits per heavy atom. The van der Waals surface area contributed by atoms with Crippen LogP contribution in [0.5, 0.6) is 0 Å². The van der Waals surface area contributed by atoms with E-state index >= 15 is 0 Å². The highest BCUT2D eigenvalue weighted by atomic mass is 32.2. The average Bonchev–Trinajstić information content (AvgIpc) is 2.31. The summed E-state index contributed by atoms with van der Waals surface area (Å²) in [5.41, 5.74) is -0.627. The number of nitrogens with zero attached hydrogens (tertiary/aromatic N) is 1. The summed E-state index contributed by atoms with van der Waals surface area (Å²) in [5.74, 6) is -0.544. The molecular formula is C14H18F2N2S. The number of benzene rings is 1. The van der Waals surface area contributed by atoms with Gasteiger partial charge in [0.1, 0.15) is 17.2 Å². The van der Waals surface area contributed by atoms with Crippen molar-refractivity contribution in [2.45, 2.75) is 43.7 Å². The molecule has 0 aromatic heterocycles. The Morgan fingerprint density at radius 3 is 2.63 bits per heavy atom. The molecule has 0 aliphatic heterocycles. The fraction of sp³-hybridized carbons (Fsp3) is 0.500. The van der Waals surface area contributed by atoms with Gasteiger partial charge in [0, 0.05) is 22.8 Å². The molecule has 0 heterocycles. The van der Waals surface area contributed by atoms with E-state index < -0.39 is 17.2 Å². The maximum Gasteiger partial charge on any atom is 0.139 e. The Morgan fingerprint density at radius 1 is 1.42 bits per heavy atom. The summed E-state index contributed by atoms with van der Waals surface area (Å²) in [5, 5.41) is 12.4. The van der Waals surface area contributed by atoms with Gasteiger partial charge in [0.25, 0.3) is 0 Å². The molecule has 0 saturated heterocycles. The Labute approximate surface area is 117 Å². The molecule has 0 aliphatic carbocycles. The van der Waals surface area contributed by atoms with Crippen LogP contribution in [0.15, 0.2) is 23.1 Å². The van der Waals surface area contributed by atoms with Gasteiger partial charge in [-0.3, -0.25) is 5.32 Å². The van der Waals surface area contributed by atoms with Crippen LogP contribution in [-0.2, 0) is 0 Å². The van der Waals surface area contributed by atoms with Crippen molar-refractivity contribution in [3.8, 4) is 6.07 Å². The van der Waals surface area contributed by atoms with Crippen molar-refractivity contribution >= 4 is 11.8 Å². The van der Waals surface area contributed by atoms with Gasteiger partial charge in [-0.1, -0.05) is 0 Å². The second-order valence-corrected chi connectivity index (χ2v) is 6.05. The molecule has 0 fully saturated rings. The van der Waals surface area contributed by atoms with Gasteiger partial charge in [-0.05, 0) is 39.3 Å². The van der Waals surface area contributed by atoms with Crippen molar-refractivity contribution in [1.82, 2.24) is 5.32 Å². The molecule has 1 aromatic carbocycles. The fourth-order valence-corrected chi connectivity index (χ4v) is 2.85. The number of rotatable bonds is 6. The number of nitriles is 1. The lowest BCUT2D eigenvalue weighted by atomic mass is 10.0. The zero-order chi connectivity index (χ0) is 14.5. The van der Waals surface area contributed by atoms with Gasteiger partial charge in [-0.15, -0.1) is 11.8 Å². The van der Waals surface area contributed by atoms with E-state index in [2.05, 4.69) is 11.4 Å². The first-order valence-electron chi connectivity index (χ1n) is 6.13. The molecule has 1 rings (SSSR count). The van der Waals surface area contributed by atoms with E-state index in [-0.39, 0.29) is 6.04 Å². The fourth-order valence-electron chi connectivity index (χ4n) is 1.75. The van der Waals surface area contributed by atoms with Gasteiger partial charge < -0.3 is 0 Å². The first-order valence-corrected chi connectivity index (χ1v) is 7.11. The van der Waals surface area contributed by atoms with Gasteiger partial charge in [0.05, 0.1) is 6.07 Å². The topological polar surface area (TPSA) is 35.8 Å². The standard InChI is InChI=1S/C14H18F2N2S/c1-10(2)18-14(3,9-17)6-7-19-13-5-4-11(15)8-12(13)16/h4-5,8,10,18H,6-7H2,1-3H3. The van der Waals surface area contributed by atoms with Crippen LogP contribution in [0.3, 0.4) is 0 Å². The molecule has 0 amide bonds. The lowest BCUT2D eigenvalue weighted by Crippen LogP contribution is -2.45. The zero-order valence-electron chi connectivity index (χ0n) is 11.3. The zero-order valence-corrected chi connectivity index (χ0v) is 12.2. The Balaban J connectivity index is 2.55. The Hall–Kier alpha value is -1.12. The first-order chi connectivity index (χ1) is 8.86. The van der Waals surface area contributed by atoms with Crippen molar-refractivity contribution < 1.29 is 8.78 Å². The van der Waals surface area contributed by atoms with E-state index in [1.807, 2.05) is 20.8 Å². The van der Waals surface area contributed by atoms with E-state index in [9.17, 15) is 14.0 Å². The van der Waals surface area contributed by atoms with Crippen LogP contribution in [0.25, 0.3) is 0 Å². The maximum absolute atomic E-state index is 13.4. The summed E-state index contributed by atoms with van der Waals surface area (Å²) < 4.78 is 26.2. The molecule has 1 N–H and O–H groups in total. The minimum absolute atomic E-state index is 0.206. The molecule has 104 valence electrons. The van der Waals surface area contributed by atoms with Crippen LogP contribution < -0.4 is 5.32 Å². The van der Waals surface area contributed by atoms with E-state index in [1.165, 1.54) is 23.9 Å². The molecule has 0 bridgehead atoms. The highest BCUT2D eigenvalue weighted by Gasteiger charge is 2.24. The number of thioether (sulfide) groups is 1. The van der Waals surface area contributed by atoms with E-state index in [1.54, 1.807) is 0 Å². The third kappa shape index (κ3) is 5.17. The normalized spacial score (nSPS) is 14.2. The number of hydrogen-bond donors (Lipinski definition) is 1. The second kappa shape index (κ2) is 6.88. The van der Waals surface area contributed by atoms with Crippen molar-refractivity contribution in [1.29, 1.82) is 5.26 Å². The SMILES string of the molecule is CC(C)NC(C)(C#N)CCSc1ccc(F)cc1F. The van der Waals surface area contributed by atoms with Crippen LogP contribution >= 0.6 is 11.8 Å². The number of halogens is 2. The summed E-state index contributed by atoms with van der Waals surface area (Å²) in [4.78, 5) is 0.409. The van der Waals surface area contributed by atoms with Gasteiger partial charge in [0.2, 0.25) is 0 Å². The number of nitrogens with one attached hydrogen (secondary N) is 1. The molecule has 1 atom stereocenters. The lowest BCUT2D eigenvalue weighted by Gasteiger charge is -2.25. The molecule has 0 saturated carbocycles. The van der Waals surface area contributed by atoms with Crippen LogP contribution in [0.2, 0.25) is 0 Å². The summed E-state index contributed by atoms with van der Waals surface area (Å²) in [6.45, 7) is 5.78. The molecule has 5 heteroatoms. The van der Waals surface area contributed by atoms with Crippen molar-refractivity contribution in [3.63, 3.8) is 0 Å². The lowest BCUT2D eigenvalue weighted by molar-refractivity contribution is 0.397. The highest BCUT2D eigenvalue weighted by Crippen LogP contribution is 2.25. The third-order valence-corrected chi connectivity index (χ3v) is 3.66. The summed E-state index contributed by atoms with van der Waals surface area (Å²) in [6.07, 6.45) is 0.586. The highest BCUT2D eigenvalue weighted by molar-refractivity contribution is 7.99. The summed E-state index contributed by atoms with van der Waals surface area (Å²) in [7, 11) is 0. The average molecular weight is 284 g/mol. The van der Waals surface area contributed by atoms with Crippen molar-refractivity contribution in [2.24, 2.45) is 0 Å². The van der Waals surface area contributed by atoms with Crippen molar-refractivity contribution in [3.05, 3.63) is 29.8 Å². The quantitative estimate of drug-likeness (QED) is 0.809. The molecule has 0 radical (unpaired) electrons. The third-order valence-electron chi connectivity index (χ3n) is 2.61. The van der Waals surface area contributed by atoms with Crippen molar-refractivity contribution in [2.75, 3.05) is 5.75 Å². The molecule has 19 heavy (non-hydrogen) atoms. The van der Waals surface area contributed by atoms with E-state index in [0.717, 1.165) is 6.07 Å². The van der Waals surface area contributed by atoms with Crippen LogP contribution in [0.4, 0.5) is 8.78 Å². The monoisotopic (exact) mass is 284 g/mol. The van der Waals surface area contributed by atoms with Gasteiger partial charge >= 0.3 is 0 Å². The Bertz CT molecular complexity index is 471. The van der Waals surface area contributed by atoms with Gasteiger partial charge in [-0.25, -0.2) is 8.78 Å². The molecule has 1 unspecified atom stereocenters. The second-order valence-electron chi connectivity index (χ2n) is 4.92. The predicted octanol–water partition coefficient (Wildman–Crippen LogP) is 3.73. The van der Waals surface area contributed by atoms with Gasteiger partial charge in [0.15, 0.2) is 0 Å². The Kier molecular flexibility index (Phi) is 5.77. The molecule has 0 spiro atoms. The van der Waals surface area contributed by atoms with E-state index in [4.69, 9.17) is 0 Å². The van der Waals surface area contributed by atoms with Crippen LogP contribution in [0.1, 0.15) is 27.2 Å². The molecule has 0 aliphatic rings. The summed E-state index contributed by atoms with van der Waals surface area (Å²) in [6, 6.07) is 5.98. The largest absolute Gasteiger partial charge is 0.297 e. The minimum Gasteiger partial charge on any atom is -0.297 e. The van der Waals surface area contributed by atoms with Crippen LogP contribution in [-0.4, -0.2) is 17.3 Å². The van der Waals surface area contributed by atoms with Crippen LogP contribution in [0, 0.1) is 23.0 Å². The minimum atomic E-state index is -0.627. The predicted molar refractivity (Wildman–Crippen MR) is 74.0 cm³/mol. The maximum atomic E-state index is 13.4. The number of hydrogen-bond acceptors (Lipinski definition) is 3. The molecular weight excluding hydrogens is 266 g/mol. The summed E-state index contributed by atoms with van der Waals surface area (Å²) >= 11 is 1.29. The molecule has 2 nitrogen and oxygen atoms in total. The molecule has 1 aromatic rings. The van der Waals surface area contributed by atoms with E-state index in [0.29, 0.717) is 17.1 Å².